The van der Waals surface area contributed by atoms with E-state index in [0.717, 1.165) is 24.3 Å². The topological polar surface area (TPSA) is 78.0 Å². The monoisotopic (exact) mass is 329 g/mol. The van der Waals surface area contributed by atoms with Crippen LogP contribution in [0.4, 0.5) is 5.69 Å². The van der Waals surface area contributed by atoms with Crippen molar-refractivity contribution >= 4 is 24.0 Å². The molecule has 1 aromatic carbocycles. The summed E-state index contributed by atoms with van der Waals surface area (Å²) in [5, 5.41) is 11.8. The van der Waals surface area contributed by atoms with E-state index in [1.807, 2.05) is 12.1 Å². The van der Waals surface area contributed by atoms with E-state index in [4.69, 9.17) is 10.1 Å². The van der Waals surface area contributed by atoms with Gasteiger partial charge in [-0.1, -0.05) is 12.1 Å². The normalized spacial score (nSPS) is 17.7. The van der Waals surface area contributed by atoms with Crippen molar-refractivity contribution < 1.29 is 4.74 Å². The molecular formula is C17H19N3O2S. The third-order valence-corrected chi connectivity index (χ3v) is 4.18. The molecule has 0 radical (unpaired) electrons. The molecule has 0 bridgehead atoms. The predicted molar refractivity (Wildman–Crippen MR) is 94.2 cm³/mol. The summed E-state index contributed by atoms with van der Waals surface area (Å²) in [5.41, 5.74) is 1.63. The van der Waals surface area contributed by atoms with Gasteiger partial charge in [0, 0.05) is 29.3 Å². The molecule has 1 atom stereocenters. The molecule has 0 amide bonds. The number of H-pyrrole nitrogens is 1. The van der Waals surface area contributed by atoms with Crippen molar-refractivity contribution in [1.82, 2.24) is 4.98 Å². The number of thiol groups is 1. The van der Waals surface area contributed by atoms with Crippen LogP contribution in [0.15, 0.2) is 46.2 Å². The number of ether oxygens (including phenoxy) is 1. The Morgan fingerprint density at radius 2 is 2.09 bits per heavy atom. The summed E-state index contributed by atoms with van der Waals surface area (Å²) in [7, 11) is 0. The summed E-state index contributed by atoms with van der Waals surface area (Å²) in [6, 6.07) is 9.18. The van der Waals surface area contributed by atoms with Crippen molar-refractivity contribution in [2.45, 2.75) is 23.8 Å². The molecule has 1 fully saturated rings. The maximum atomic E-state index is 12.3. The summed E-state index contributed by atoms with van der Waals surface area (Å²) in [5.74, 6) is 0. The Balaban J connectivity index is 1.92. The number of hydrogen-bond donors (Lipinski definition) is 4. The van der Waals surface area contributed by atoms with Gasteiger partial charge in [0.05, 0.1) is 23.6 Å². The average molecular weight is 329 g/mol. The van der Waals surface area contributed by atoms with Crippen LogP contribution < -0.4 is 10.9 Å². The van der Waals surface area contributed by atoms with E-state index in [9.17, 15) is 4.79 Å². The highest BCUT2D eigenvalue weighted by atomic mass is 32.1. The second-order valence-corrected chi connectivity index (χ2v) is 6.09. The lowest BCUT2D eigenvalue weighted by Crippen LogP contribution is -2.32. The van der Waals surface area contributed by atoms with Gasteiger partial charge in [0.2, 0.25) is 0 Å². The molecule has 1 aliphatic heterocycles. The molecule has 120 valence electrons. The predicted octanol–water partition coefficient (Wildman–Crippen LogP) is 2.67. The molecule has 1 aliphatic rings. The number of hydrogen-bond acceptors (Lipinski definition) is 5. The van der Waals surface area contributed by atoms with Crippen molar-refractivity contribution in [1.29, 1.82) is 5.41 Å². The summed E-state index contributed by atoms with van der Waals surface area (Å²) >= 11 is 4.25. The number of pyridine rings is 1. The lowest BCUT2D eigenvalue weighted by Gasteiger charge is -2.25. The van der Waals surface area contributed by atoms with E-state index in [1.165, 1.54) is 0 Å². The van der Waals surface area contributed by atoms with Crippen LogP contribution in [-0.2, 0) is 4.74 Å². The molecule has 1 aromatic heterocycles. The van der Waals surface area contributed by atoms with Crippen LogP contribution in [0.1, 0.15) is 24.0 Å². The first kappa shape index (κ1) is 15.8. The van der Waals surface area contributed by atoms with Crippen LogP contribution in [0.2, 0.25) is 0 Å². The fraction of sp³-hybridized carbons (Fsp3) is 0.294. The maximum Gasteiger partial charge on any atom is 0.259 e. The van der Waals surface area contributed by atoms with Crippen LogP contribution >= 0.6 is 12.6 Å². The van der Waals surface area contributed by atoms with Crippen molar-refractivity contribution in [2.24, 2.45) is 0 Å². The molecular weight excluding hydrogens is 310 g/mol. The van der Waals surface area contributed by atoms with E-state index < -0.39 is 0 Å². The zero-order chi connectivity index (χ0) is 16.2. The van der Waals surface area contributed by atoms with Gasteiger partial charge in [-0.25, -0.2) is 0 Å². The lowest BCUT2D eigenvalue weighted by atomic mass is 10.0. The van der Waals surface area contributed by atoms with Crippen LogP contribution in [0.5, 0.6) is 0 Å². The Morgan fingerprint density at radius 3 is 2.78 bits per heavy atom. The first-order valence-corrected chi connectivity index (χ1v) is 8.04. The minimum absolute atomic E-state index is 0.164. The standard InChI is InChI=1S/C17H19N3O2S/c18-16(11-3-5-13(23)6-4-11)15-14(7-8-19-17(15)21)20-12-2-1-9-22-10-12/h3-8,12,18,23H,1-2,9-10H2,(H2,19,20,21). The summed E-state index contributed by atoms with van der Waals surface area (Å²) in [6.45, 7) is 1.40. The van der Waals surface area contributed by atoms with Gasteiger partial charge < -0.3 is 15.0 Å². The first-order chi connectivity index (χ1) is 11.1. The lowest BCUT2D eigenvalue weighted by molar-refractivity contribution is 0.0876. The number of aromatic nitrogens is 1. The zero-order valence-electron chi connectivity index (χ0n) is 12.6. The van der Waals surface area contributed by atoms with Gasteiger partial charge in [-0.15, -0.1) is 12.6 Å². The van der Waals surface area contributed by atoms with Gasteiger partial charge in [0.25, 0.3) is 5.56 Å². The Labute approximate surface area is 140 Å². The molecule has 1 unspecified atom stereocenters. The second kappa shape index (κ2) is 7.02. The highest BCUT2D eigenvalue weighted by Gasteiger charge is 2.19. The SMILES string of the molecule is N=C(c1ccc(S)cc1)c1c(NC2CCCOC2)cc[nH]c1=O. The van der Waals surface area contributed by atoms with Crippen LogP contribution in [-0.4, -0.2) is 30.0 Å². The van der Waals surface area contributed by atoms with Gasteiger partial charge in [-0.05, 0) is 31.0 Å². The quantitative estimate of drug-likeness (QED) is 0.514. The third kappa shape index (κ3) is 3.65. The fourth-order valence-corrected chi connectivity index (χ4v) is 2.84. The summed E-state index contributed by atoms with van der Waals surface area (Å²) < 4.78 is 5.47. The zero-order valence-corrected chi connectivity index (χ0v) is 13.5. The highest BCUT2D eigenvalue weighted by molar-refractivity contribution is 7.80. The molecule has 3 N–H and O–H groups in total. The van der Waals surface area contributed by atoms with E-state index in [0.29, 0.717) is 23.4 Å². The number of benzene rings is 1. The number of aromatic amines is 1. The Kier molecular flexibility index (Phi) is 4.83. The average Bonchev–Trinajstić information content (AvgIpc) is 2.56. The van der Waals surface area contributed by atoms with Gasteiger partial charge in [-0.3, -0.25) is 10.2 Å². The molecule has 6 heteroatoms. The van der Waals surface area contributed by atoms with Crippen LogP contribution in [0.3, 0.4) is 0 Å². The summed E-state index contributed by atoms with van der Waals surface area (Å²) in [4.78, 5) is 15.8. The third-order valence-electron chi connectivity index (χ3n) is 3.89. The van der Waals surface area contributed by atoms with Gasteiger partial charge in [0.1, 0.15) is 0 Å². The highest BCUT2D eigenvalue weighted by Crippen LogP contribution is 2.19. The number of anilines is 1. The Bertz CT molecular complexity index is 749. The van der Waals surface area contributed by atoms with Crippen molar-refractivity contribution in [2.75, 3.05) is 18.5 Å². The second-order valence-electron chi connectivity index (χ2n) is 5.58. The molecule has 3 rings (SSSR count). The van der Waals surface area contributed by atoms with Gasteiger partial charge in [0.15, 0.2) is 0 Å². The summed E-state index contributed by atoms with van der Waals surface area (Å²) in [6.07, 6.45) is 3.59. The van der Waals surface area contributed by atoms with Crippen molar-refractivity contribution in [3.05, 3.63) is 58.0 Å². The maximum absolute atomic E-state index is 12.3. The van der Waals surface area contributed by atoms with Crippen LogP contribution in [0.25, 0.3) is 0 Å². The molecule has 5 nitrogen and oxygen atoms in total. The molecule has 1 saturated heterocycles. The van der Waals surface area contributed by atoms with Gasteiger partial charge >= 0.3 is 0 Å². The molecule has 0 aliphatic carbocycles. The number of rotatable bonds is 4. The Hall–Kier alpha value is -2.05. The molecule has 2 aromatic rings. The molecule has 23 heavy (non-hydrogen) atoms. The van der Waals surface area contributed by atoms with Gasteiger partial charge in [-0.2, -0.15) is 0 Å². The minimum Gasteiger partial charge on any atom is -0.379 e. The van der Waals surface area contributed by atoms with E-state index in [1.54, 1.807) is 24.4 Å². The number of nitrogens with one attached hydrogen (secondary N) is 3. The first-order valence-electron chi connectivity index (χ1n) is 7.59. The van der Waals surface area contributed by atoms with E-state index in [2.05, 4.69) is 22.9 Å². The Morgan fingerprint density at radius 1 is 1.30 bits per heavy atom. The van der Waals surface area contributed by atoms with Crippen molar-refractivity contribution in [3.63, 3.8) is 0 Å². The largest absolute Gasteiger partial charge is 0.379 e. The molecule has 0 spiro atoms. The molecule has 2 heterocycles. The smallest absolute Gasteiger partial charge is 0.259 e. The van der Waals surface area contributed by atoms with E-state index >= 15 is 0 Å². The van der Waals surface area contributed by atoms with Crippen molar-refractivity contribution in [3.8, 4) is 0 Å². The van der Waals surface area contributed by atoms with Crippen LogP contribution in [0, 0.1) is 5.41 Å². The molecule has 0 saturated carbocycles. The fourth-order valence-electron chi connectivity index (χ4n) is 2.69. The minimum atomic E-state index is -0.272. The van der Waals surface area contributed by atoms with E-state index in [-0.39, 0.29) is 17.3 Å².